The van der Waals surface area contributed by atoms with Crippen LogP contribution in [0.5, 0.6) is 0 Å². The fourth-order valence-corrected chi connectivity index (χ4v) is 3.66. The van der Waals surface area contributed by atoms with Gasteiger partial charge in [-0.25, -0.2) is 4.98 Å². The number of hydrogen-bond acceptors (Lipinski definition) is 3. The molecule has 0 radical (unpaired) electrons. The molecule has 8 heteroatoms. The number of ether oxygens (including phenoxy) is 1. The van der Waals surface area contributed by atoms with Crippen LogP contribution in [0.25, 0.3) is 0 Å². The minimum Gasteiger partial charge on any atom is -0.368 e. The Labute approximate surface area is 138 Å². The Kier molecular flexibility index (Phi) is 4.36. The van der Waals surface area contributed by atoms with Crippen molar-refractivity contribution in [1.29, 1.82) is 0 Å². The second-order valence-electron chi connectivity index (χ2n) is 6.74. The maximum Gasteiger partial charge on any atom is 0.434 e. The van der Waals surface area contributed by atoms with Gasteiger partial charge in [-0.2, -0.15) is 13.2 Å². The summed E-state index contributed by atoms with van der Waals surface area (Å²) in [6.45, 7) is 1.02. The fourth-order valence-electron chi connectivity index (χ4n) is 3.66. The molecule has 1 aromatic heterocycles. The van der Waals surface area contributed by atoms with Crippen molar-refractivity contribution in [2.75, 3.05) is 20.2 Å². The molecule has 134 valence electrons. The molecule has 1 aromatic rings. The monoisotopic (exact) mass is 345 g/mol. The fraction of sp³-hybridized carbons (Fsp3) is 0.750. The largest absolute Gasteiger partial charge is 0.434 e. The van der Waals surface area contributed by atoms with E-state index in [2.05, 4.69) is 4.98 Å². The van der Waals surface area contributed by atoms with Gasteiger partial charge in [0.1, 0.15) is 11.4 Å². The van der Waals surface area contributed by atoms with E-state index in [0.29, 0.717) is 31.8 Å². The number of aryl methyl sites for hydroxylation is 1. The van der Waals surface area contributed by atoms with Crippen LogP contribution in [0.2, 0.25) is 0 Å². The molecular formula is C16H22F3N3O2. The Hall–Kier alpha value is -1.57. The van der Waals surface area contributed by atoms with Crippen LogP contribution in [0, 0.1) is 0 Å². The van der Waals surface area contributed by atoms with Crippen LogP contribution in [-0.4, -0.2) is 46.2 Å². The van der Waals surface area contributed by atoms with E-state index in [1.165, 1.54) is 4.57 Å². The van der Waals surface area contributed by atoms with Crippen molar-refractivity contribution in [3.8, 4) is 0 Å². The number of carbonyl (C=O) groups is 1. The highest BCUT2D eigenvalue weighted by Gasteiger charge is 2.47. The molecule has 0 N–H and O–H groups in total. The van der Waals surface area contributed by atoms with Crippen LogP contribution >= 0.6 is 0 Å². The molecule has 0 aromatic carbocycles. The highest BCUT2D eigenvalue weighted by molar-refractivity contribution is 5.86. The lowest BCUT2D eigenvalue weighted by molar-refractivity contribution is -0.167. The predicted molar refractivity (Wildman–Crippen MR) is 80.4 cm³/mol. The Morgan fingerprint density at radius 2 is 2.08 bits per heavy atom. The second kappa shape index (κ2) is 6.06. The van der Waals surface area contributed by atoms with Crippen molar-refractivity contribution in [3.05, 3.63) is 17.7 Å². The van der Waals surface area contributed by atoms with E-state index in [0.717, 1.165) is 25.5 Å². The summed E-state index contributed by atoms with van der Waals surface area (Å²) in [5.74, 6) is 0.170. The number of alkyl halides is 3. The summed E-state index contributed by atoms with van der Waals surface area (Å²) >= 11 is 0. The number of rotatable bonds is 3. The van der Waals surface area contributed by atoms with Crippen LogP contribution in [0.15, 0.2) is 6.20 Å². The molecule has 2 heterocycles. The summed E-state index contributed by atoms with van der Waals surface area (Å²) in [7, 11) is 3.12. The zero-order valence-corrected chi connectivity index (χ0v) is 13.9. The summed E-state index contributed by atoms with van der Waals surface area (Å²) in [6.07, 6.45) is 0.431. The number of hydrogen-bond donors (Lipinski definition) is 0. The van der Waals surface area contributed by atoms with Gasteiger partial charge in [0.25, 0.3) is 5.91 Å². The Morgan fingerprint density at radius 3 is 2.58 bits per heavy atom. The van der Waals surface area contributed by atoms with Crippen LogP contribution in [0.3, 0.4) is 0 Å². The molecule has 24 heavy (non-hydrogen) atoms. The van der Waals surface area contributed by atoms with Crippen molar-refractivity contribution in [2.24, 2.45) is 7.05 Å². The Balaban J connectivity index is 1.77. The van der Waals surface area contributed by atoms with Crippen molar-refractivity contribution in [1.82, 2.24) is 14.5 Å². The number of nitrogens with zero attached hydrogens (tertiary/aromatic N) is 3. The number of aromatic nitrogens is 2. The van der Waals surface area contributed by atoms with Gasteiger partial charge in [0.2, 0.25) is 0 Å². The first-order valence-corrected chi connectivity index (χ1v) is 8.22. The minimum absolute atomic E-state index is 0.0359. The van der Waals surface area contributed by atoms with Gasteiger partial charge in [0, 0.05) is 39.4 Å². The summed E-state index contributed by atoms with van der Waals surface area (Å²) in [4.78, 5) is 18.3. The zero-order valence-electron chi connectivity index (χ0n) is 13.9. The van der Waals surface area contributed by atoms with E-state index >= 15 is 0 Å². The molecule has 0 unspecified atom stereocenters. The molecule has 1 saturated heterocycles. The van der Waals surface area contributed by atoms with Gasteiger partial charge >= 0.3 is 6.18 Å². The van der Waals surface area contributed by atoms with Crippen molar-refractivity contribution >= 4 is 5.91 Å². The molecule has 2 fully saturated rings. The average molecular weight is 345 g/mol. The molecular weight excluding hydrogens is 323 g/mol. The third-order valence-corrected chi connectivity index (χ3v) is 5.22. The molecule has 1 aliphatic heterocycles. The van der Waals surface area contributed by atoms with Gasteiger partial charge in [-0.1, -0.05) is 0 Å². The number of amides is 1. The molecule has 1 atom stereocenters. The smallest absolute Gasteiger partial charge is 0.368 e. The van der Waals surface area contributed by atoms with Gasteiger partial charge in [0.15, 0.2) is 5.69 Å². The maximum atomic E-state index is 12.9. The van der Waals surface area contributed by atoms with E-state index in [1.54, 1.807) is 19.1 Å². The standard InChI is InChI=1S/C16H22F3N3O2/c1-21-10-12(16(17,18)19)20-13(21)11-5-3-8-22(9-11)14(23)15(24-2)6-4-7-15/h10-11H,3-9H2,1-2H3/t11-/m1/s1. The van der Waals surface area contributed by atoms with Gasteiger partial charge < -0.3 is 14.2 Å². The lowest BCUT2D eigenvalue weighted by Crippen LogP contribution is -2.56. The molecule has 1 saturated carbocycles. The summed E-state index contributed by atoms with van der Waals surface area (Å²) in [5, 5.41) is 0. The number of likely N-dealkylation sites (tertiary alicyclic amines) is 1. The lowest BCUT2D eigenvalue weighted by Gasteiger charge is -2.44. The van der Waals surface area contributed by atoms with Gasteiger partial charge in [0.05, 0.1) is 0 Å². The van der Waals surface area contributed by atoms with E-state index in [9.17, 15) is 18.0 Å². The van der Waals surface area contributed by atoms with Gasteiger partial charge in [-0.3, -0.25) is 4.79 Å². The molecule has 2 aliphatic rings. The first-order chi connectivity index (χ1) is 11.3. The van der Waals surface area contributed by atoms with Gasteiger partial charge in [-0.05, 0) is 32.1 Å². The number of carbonyl (C=O) groups excluding carboxylic acids is 1. The lowest BCUT2D eigenvalue weighted by atomic mass is 9.78. The molecule has 1 amide bonds. The molecule has 0 spiro atoms. The van der Waals surface area contributed by atoms with Crippen LogP contribution in [0.4, 0.5) is 13.2 Å². The second-order valence-corrected chi connectivity index (χ2v) is 6.74. The summed E-state index contributed by atoms with van der Waals surface area (Å²) < 4.78 is 45.4. The SMILES string of the molecule is COC1(C(=O)N2CCC[C@@H](c3nc(C(F)(F)F)cn3C)C2)CCC1. The van der Waals surface area contributed by atoms with Crippen LogP contribution < -0.4 is 0 Å². The number of imidazole rings is 1. The number of piperidine rings is 1. The summed E-state index contributed by atoms with van der Waals surface area (Å²) in [6, 6.07) is 0. The minimum atomic E-state index is -4.45. The maximum absolute atomic E-state index is 12.9. The highest BCUT2D eigenvalue weighted by atomic mass is 19.4. The van der Waals surface area contributed by atoms with Gasteiger partial charge in [-0.15, -0.1) is 0 Å². The van der Waals surface area contributed by atoms with Crippen LogP contribution in [0.1, 0.15) is 49.5 Å². The van der Waals surface area contributed by atoms with Crippen molar-refractivity contribution in [2.45, 2.75) is 49.8 Å². The molecule has 1 aliphatic carbocycles. The Morgan fingerprint density at radius 1 is 1.38 bits per heavy atom. The van der Waals surface area contributed by atoms with Crippen LogP contribution in [-0.2, 0) is 22.8 Å². The number of halogens is 3. The Bertz CT molecular complexity index is 617. The van der Waals surface area contributed by atoms with E-state index in [4.69, 9.17) is 4.74 Å². The first-order valence-electron chi connectivity index (χ1n) is 8.22. The predicted octanol–water partition coefficient (Wildman–Crippen LogP) is 2.71. The third-order valence-electron chi connectivity index (χ3n) is 5.22. The topological polar surface area (TPSA) is 47.4 Å². The molecule has 5 nitrogen and oxygen atoms in total. The normalized spacial score (nSPS) is 23.9. The third kappa shape index (κ3) is 2.92. The number of methoxy groups -OCH3 is 1. The molecule has 3 rings (SSSR count). The van der Waals surface area contributed by atoms with E-state index in [-0.39, 0.29) is 11.8 Å². The quantitative estimate of drug-likeness (QED) is 0.846. The van der Waals surface area contributed by atoms with E-state index < -0.39 is 17.5 Å². The average Bonchev–Trinajstić information content (AvgIpc) is 2.89. The first kappa shape index (κ1) is 17.3. The van der Waals surface area contributed by atoms with Crippen molar-refractivity contribution < 1.29 is 22.7 Å². The van der Waals surface area contributed by atoms with Crippen molar-refractivity contribution in [3.63, 3.8) is 0 Å². The highest BCUT2D eigenvalue weighted by Crippen LogP contribution is 2.39. The zero-order chi connectivity index (χ0) is 17.5. The molecule has 0 bridgehead atoms. The van der Waals surface area contributed by atoms with E-state index in [1.807, 2.05) is 0 Å². The summed E-state index contributed by atoms with van der Waals surface area (Å²) in [5.41, 5.74) is -1.60.